The Morgan fingerprint density at radius 3 is 2.86 bits per heavy atom. The molecule has 6 heteroatoms. The van der Waals surface area contributed by atoms with Gasteiger partial charge in [0.1, 0.15) is 0 Å². The molecule has 0 aliphatic heterocycles. The number of benzene rings is 1. The predicted molar refractivity (Wildman–Crippen MR) is 53.2 cm³/mol. The maximum absolute atomic E-state index is 13.2. The van der Waals surface area contributed by atoms with Crippen LogP contribution in [0.25, 0.3) is 10.2 Å². The zero-order valence-electron chi connectivity index (χ0n) is 6.72. The second-order valence-electron chi connectivity index (χ2n) is 2.62. The van der Waals surface area contributed by atoms with Crippen molar-refractivity contribution in [3.8, 4) is 0 Å². The molecular weight excluding hydrogens is 276 g/mol. The van der Waals surface area contributed by atoms with Crippen LogP contribution >= 0.6 is 27.3 Å². The first kappa shape index (κ1) is 9.95. The van der Waals surface area contributed by atoms with Gasteiger partial charge in [0.25, 0.3) is 0 Å². The Labute approximate surface area is 90.3 Å². The highest BCUT2D eigenvalue weighted by Gasteiger charge is 2.15. The van der Waals surface area contributed by atoms with E-state index in [9.17, 15) is 8.78 Å². The summed E-state index contributed by atoms with van der Waals surface area (Å²) in [4.78, 5) is 3.95. The van der Waals surface area contributed by atoms with Crippen molar-refractivity contribution in [2.75, 3.05) is 0 Å². The summed E-state index contributed by atoms with van der Waals surface area (Å²) in [7, 11) is 0. The number of hydrogen-bond acceptors (Lipinski definition) is 3. The summed E-state index contributed by atoms with van der Waals surface area (Å²) in [6.45, 7) is -0.559. The number of fused-ring (bicyclic) bond motifs is 1. The summed E-state index contributed by atoms with van der Waals surface area (Å²) < 4.78 is 27.2. The SMILES string of the molecule is OCc1c(F)c(F)cc2sc(Br)nc12. The van der Waals surface area contributed by atoms with E-state index in [1.165, 1.54) is 11.3 Å². The van der Waals surface area contributed by atoms with Gasteiger partial charge in [0.15, 0.2) is 15.6 Å². The summed E-state index contributed by atoms with van der Waals surface area (Å²) in [5.74, 6) is -1.99. The summed E-state index contributed by atoms with van der Waals surface area (Å²) in [5.41, 5.74) is 0.213. The fourth-order valence-electron chi connectivity index (χ4n) is 1.19. The fourth-order valence-corrected chi connectivity index (χ4v) is 2.64. The van der Waals surface area contributed by atoms with Gasteiger partial charge in [0.2, 0.25) is 0 Å². The highest BCUT2D eigenvalue weighted by atomic mass is 79.9. The fraction of sp³-hybridized carbons (Fsp3) is 0.125. The molecule has 0 aliphatic rings. The molecule has 0 bridgehead atoms. The van der Waals surface area contributed by atoms with Gasteiger partial charge in [-0.2, -0.15) is 0 Å². The lowest BCUT2D eigenvalue weighted by molar-refractivity contribution is 0.275. The smallest absolute Gasteiger partial charge is 0.166 e. The molecule has 0 aliphatic carbocycles. The van der Waals surface area contributed by atoms with Crippen LogP contribution in [0.2, 0.25) is 0 Å². The quantitative estimate of drug-likeness (QED) is 0.871. The van der Waals surface area contributed by atoms with Crippen molar-refractivity contribution in [3.63, 3.8) is 0 Å². The average molecular weight is 280 g/mol. The third-order valence-electron chi connectivity index (χ3n) is 1.80. The molecule has 0 unspecified atom stereocenters. The molecule has 74 valence electrons. The van der Waals surface area contributed by atoms with E-state index in [1.807, 2.05) is 0 Å². The molecule has 0 atom stereocenters. The lowest BCUT2D eigenvalue weighted by atomic mass is 10.2. The van der Waals surface area contributed by atoms with Crippen molar-refractivity contribution >= 4 is 37.5 Å². The van der Waals surface area contributed by atoms with Crippen molar-refractivity contribution in [1.29, 1.82) is 0 Å². The van der Waals surface area contributed by atoms with Gasteiger partial charge in [-0.15, -0.1) is 11.3 Å². The van der Waals surface area contributed by atoms with Crippen LogP contribution in [0.15, 0.2) is 9.98 Å². The minimum Gasteiger partial charge on any atom is -0.391 e. The Hall–Kier alpha value is -0.590. The number of rotatable bonds is 1. The van der Waals surface area contributed by atoms with Gasteiger partial charge in [0.05, 0.1) is 16.8 Å². The van der Waals surface area contributed by atoms with Gasteiger partial charge in [-0.05, 0) is 22.0 Å². The second-order valence-corrected chi connectivity index (χ2v) is 4.93. The minimum atomic E-state index is -1.03. The Morgan fingerprint density at radius 2 is 2.21 bits per heavy atom. The molecule has 0 saturated heterocycles. The maximum atomic E-state index is 13.2. The van der Waals surface area contributed by atoms with Crippen LogP contribution < -0.4 is 0 Å². The number of nitrogens with zero attached hydrogens (tertiary/aromatic N) is 1. The van der Waals surface area contributed by atoms with Crippen LogP contribution in [0.3, 0.4) is 0 Å². The molecule has 1 aromatic heterocycles. The first-order valence-electron chi connectivity index (χ1n) is 3.67. The number of aromatic nitrogens is 1. The lowest BCUT2D eigenvalue weighted by Gasteiger charge is -2.00. The van der Waals surface area contributed by atoms with E-state index in [-0.39, 0.29) is 5.56 Å². The Morgan fingerprint density at radius 1 is 1.50 bits per heavy atom. The number of halogens is 3. The third-order valence-corrected chi connectivity index (χ3v) is 3.26. The van der Waals surface area contributed by atoms with E-state index in [0.29, 0.717) is 14.1 Å². The average Bonchev–Trinajstić information content (AvgIpc) is 2.47. The Bertz CT molecular complexity index is 500. The van der Waals surface area contributed by atoms with Crippen molar-refractivity contribution in [1.82, 2.24) is 4.98 Å². The molecule has 1 aromatic carbocycles. The second kappa shape index (κ2) is 3.52. The number of aliphatic hydroxyl groups is 1. The van der Waals surface area contributed by atoms with Gasteiger partial charge in [-0.25, -0.2) is 13.8 Å². The van der Waals surface area contributed by atoms with E-state index in [1.54, 1.807) is 0 Å². The van der Waals surface area contributed by atoms with Crippen LogP contribution in [0, 0.1) is 11.6 Å². The first-order chi connectivity index (χ1) is 6.63. The molecule has 0 spiro atoms. The number of aliphatic hydroxyl groups excluding tert-OH is 1. The van der Waals surface area contributed by atoms with Crippen LogP contribution in [0.1, 0.15) is 5.56 Å². The van der Waals surface area contributed by atoms with Gasteiger partial charge in [-0.3, -0.25) is 0 Å². The number of hydrogen-bond donors (Lipinski definition) is 1. The molecule has 1 N–H and O–H groups in total. The highest BCUT2D eigenvalue weighted by molar-refractivity contribution is 9.11. The van der Waals surface area contributed by atoms with Gasteiger partial charge in [-0.1, -0.05) is 0 Å². The standard InChI is InChI=1S/C8H4BrF2NOS/c9-8-12-7-3(2-13)6(11)4(10)1-5(7)14-8/h1,13H,2H2. The lowest BCUT2D eigenvalue weighted by Crippen LogP contribution is -1.95. The normalized spacial score (nSPS) is 11.1. The van der Waals surface area contributed by atoms with E-state index < -0.39 is 18.2 Å². The zero-order chi connectivity index (χ0) is 10.3. The molecule has 0 radical (unpaired) electrons. The summed E-state index contributed by atoms with van der Waals surface area (Å²) in [6, 6.07) is 1.08. The van der Waals surface area contributed by atoms with Crippen molar-refractivity contribution in [3.05, 3.63) is 27.2 Å². The van der Waals surface area contributed by atoms with Crippen LogP contribution in [0.5, 0.6) is 0 Å². The van der Waals surface area contributed by atoms with Gasteiger partial charge in [0, 0.05) is 5.56 Å². The molecule has 1 heterocycles. The van der Waals surface area contributed by atoms with Gasteiger partial charge >= 0.3 is 0 Å². The largest absolute Gasteiger partial charge is 0.391 e. The summed E-state index contributed by atoms with van der Waals surface area (Å²) >= 11 is 4.31. The Balaban J connectivity index is 2.87. The summed E-state index contributed by atoms with van der Waals surface area (Å²) in [6.07, 6.45) is 0. The minimum absolute atomic E-state index is 0.0954. The monoisotopic (exact) mass is 279 g/mol. The molecule has 2 rings (SSSR count). The third kappa shape index (κ3) is 1.43. The van der Waals surface area contributed by atoms with Crippen LogP contribution in [-0.2, 0) is 6.61 Å². The molecule has 0 saturated carbocycles. The molecular formula is C8H4BrF2NOS. The predicted octanol–water partition coefficient (Wildman–Crippen LogP) is 2.83. The molecule has 2 nitrogen and oxygen atoms in total. The highest BCUT2D eigenvalue weighted by Crippen LogP contribution is 2.31. The van der Waals surface area contributed by atoms with Crippen LogP contribution in [0.4, 0.5) is 8.78 Å². The van der Waals surface area contributed by atoms with Crippen LogP contribution in [-0.4, -0.2) is 10.1 Å². The van der Waals surface area contributed by atoms with E-state index >= 15 is 0 Å². The maximum Gasteiger partial charge on any atom is 0.166 e. The molecule has 14 heavy (non-hydrogen) atoms. The summed E-state index contributed by atoms with van der Waals surface area (Å²) in [5, 5.41) is 8.89. The van der Waals surface area contributed by atoms with E-state index in [4.69, 9.17) is 5.11 Å². The molecule has 0 fully saturated rings. The molecule has 0 amide bonds. The molecule has 2 aromatic rings. The van der Waals surface area contributed by atoms with Crippen molar-refractivity contribution in [2.45, 2.75) is 6.61 Å². The van der Waals surface area contributed by atoms with Crippen molar-refractivity contribution < 1.29 is 13.9 Å². The van der Waals surface area contributed by atoms with Crippen molar-refractivity contribution in [2.24, 2.45) is 0 Å². The Kier molecular flexibility index (Phi) is 2.50. The number of thiazole rings is 1. The topological polar surface area (TPSA) is 33.1 Å². The van der Waals surface area contributed by atoms with E-state index in [0.717, 1.165) is 6.07 Å². The zero-order valence-corrected chi connectivity index (χ0v) is 9.12. The van der Waals surface area contributed by atoms with Gasteiger partial charge < -0.3 is 5.11 Å². The van der Waals surface area contributed by atoms with E-state index in [2.05, 4.69) is 20.9 Å². The first-order valence-corrected chi connectivity index (χ1v) is 5.28.